The van der Waals surface area contributed by atoms with Crippen molar-refractivity contribution in [3.05, 3.63) is 45.9 Å². The smallest absolute Gasteiger partial charge is 0.142 e. The Morgan fingerprint density at radius 2 is 1.87 bits per heavy atom. The molecule has 3 rings (SSSR count). The van der Waals surface area contributed by atoms with Crippen molar-refractivity contribution in [2.75, 3.05) is 5.73 Å². The number of aromatic nitrogens is 1. The number of rotatable bonds is 1. The fraction of sp³-hybridized carbons (Fsp3) is 0.333. The summed E-state index contributed by atoms with van der Waals surface area (Å²) in [6, 6.07) is 6.63. The molecule has 2 N–H and O–H groups in total. The molecule has 1 heterocycles. The van der Waals surface area contributed by atoms with E-state index in [9.17, 15) is 9.65 Å². The lowest BCUT2D eigenvalue weighted by atomic mass is 9.87. The van der Waals surface area contributed by atoms with Gasteiger partial charge in [-0.1, -0.05) is 30.5 Å². The van der Waals surface area contributed by atoms with Gasteiger partial charge in [-0.2, -0.15) is 5.26 Å². The first-order chi connectivity index (χ1) is 11.1. The van der Waals surface area contributed by atoms with Gasteiger partial charge in [0.1, 0.15) is 23.3 Å². The maximum Gasteiger partial charge on any atom is 0.142 e. The molecular weight excluding hydrogens is 313 g/mol. The number of fused-ring (bicyclic) bond motifs is 1. The van der Waals surface area contributed by atoms with E-state index in [2.05, 4.69) is 11.1 Å². The minimum Gasteiger partial charge on any atom is -0.383 e. The number of benzene rings is 1. The Balaban J connectivity index is 2.36. The van der Waals surface area contributed by atoms with Gasteiger partial charge in [0, 0.05) is 16.8 Å². The summed E-state index contributed by atoms with van der Waals surface area (Å²) in [5.41, 5.74) is 8.78. The molecule has 3 nitrogen and oxygen atoms in total. The third-order valence-corrected chi connectivity index (χ3v) is 4.64. The molecule has 0 spiro atoms. The second kappa shape index (κ2) is 6.55. The SMILES string of the molecule is N#Cc1c(N)nc2c(c1-c1c(F)cccc1Cl)CCCCCC2. The van der Waals surface area contributed by atoms with Gasteiger partial charge in [0.25, 0.3) is 0 Å². The van der Waals surface area contributed by atoms with Gasteiger partial charge in [-0.25, -0.2) is 9.37 Å². The van der Waals surface area contributed by atoms with Crippen molar-refractivity contribution in [3.8, 4) is 17.2 Å². The van der Waals surface area contributed by atoms with E-state index in [0.717, 1.165) is 49.8 Å². The number of nitrogens with two attached hydrogens (primary N) is 1. The molecule has 1 aliphatic rings. The number of hydrogen-bond acceptors (Lipinski definition) is 3. The van der Waals surface area contributed by atoms with Crippen LogP contribution in [0.1, 0.15) is 42.5 Å². The third kappa shape index (κ3) is 2.89. The molecule has 0 unspecified atom stereocenters. The van der Waals surface area contributed by atoms with Crippen LogP contribution < -0.4 is 5.73 Å². The largest absolute Gasteiger partial charge is 0.383 e. The summed E-state index contributed by atoms with van der Waals surface area (Å²) >= 11 is 6.25. The van der Waals surface area contributed by atoms with Crippen molar-refractivity contribution >= 4 is 17.4 Å². The molecule has 0 saturated carbocycles. The van der Waals surface area contributed by atoms with Crippen LogP contribution in [0.4, 0.5) is 10.2 Å². The summed E-state index contributed by atoms with van der Waals surface area (Å²) in [5, 5.41) is 9.82. The van der Waals surface area contributed by atoms with Gasteiger partial charge in [-0.05, 0) is 43.4 Å². The maximum absolute atomic E-state index is 14.5. The highest BCUT2D eigenvalue weighted by atomic mass is 35.5. The predicted octanol–water partition coefficient (Wildman–Crippen LogP) is 4.65. The molecule has 0 atom stereocenters. The standard InChI is InChI=1S/C18H17ClFN3/c19-13-7-5-8-14(20)17(13)16-11-6-3-1-2-4-9-15(11)23-18(22)12(16)10-21/h5,7-8H,1-4,6,9H2,(H2,22,23). The van der Waals surface area contributed by atoms with Crippen LogP contribution >= 0.6 is 11.6 Å². The molecule has 0 radical (unpaired) electrons. The summed E-state index contributed by atoms with van der Waals surface area (Å²) in [6.45, 7) is 0. The Kier molecular flexibility index (Phi) is 4.49. The van der Waals surface area contributed by atoms with Gasteiger partial charge in [0.2, 0.25) is 0 Å². The van der Waals surface area contributed by atoms with Crippen LogP contribution in [0.15, 0.2) is 18.2 Å². The fourth-order valence-corrected chi connectivity index (χ4v) is 3.50. The molecule has 0 aliphatic heterocycles. The molecule has 0 amide bonds. The van der Waals surface area contributed by atoms with Crippen molar-refractivity contribution in [3.63, 3.8) is 0 Å². The summed E-state index contributed by atoms with van der Waals surface area (Å²) in [7, 11) is 0. The van der Waals surface area contributed by atoms with Crippen LogP contribution in [-0.2, 0) is 12.8 Å². The molecule has 0 bridgehead atoms. The van der Waals surface area contributed by atoms with E-state index in [1.165, 1.54) is 6.07 Å². The van der Waals surface area contributed by atoms with E-state index >= 15 is 0 Å². The van der Waals surface area contributed by atoms with Crippen LogP contribution in [-0.4, -0.2) is 4.98 Å². The van der Waals surface area contributed by atoms with E-state index in [-0.39, 0.29) is 22.0 Å². The lowest BCUT2D eigenvalue weighted by Crippen LogP contribution is -2.10. The van der Waals surface area contributed by atoms with Gasteiger partial charge < -0.3 is 5.73 Å². The predicted molar refractivity (Wildman–Crippen MR) is 89.6 cm³/mol. The first-order valence-electron chi connectivity index (χ1n) is 7.79. The monoisotopic (exact) mass is 329 g/mol. The highest BCUT2D eigenvalue weighted by Crippen LogP contribution is 2.39. The Labute approximate surface area is 139 Å². The zero-order valence-corrected chi connectivity index (χ0v) is 13.5. The molecule has 5 heteroatoms. The molecule has 1 aromatic heterocycles. The normalized spacial score (nSPS) is 14.5. The average Bonchev–Trinajstić information content (AvgIpc) is 2.49. The summed E-state index contributed by atoms with van der Waals surface area (Å²) < 4.78 is 14.5. The Bertz CT molecular complexity index is 776. The molecule has 118 valence electrons. The number of aryl methyl sites for hydroxylation is 1. The molecular formula is C18H17ClFN3. The van der Waals surface area contributed by atoms with E-state index in [0.29, 0.717) is 5.56 Å². The van der Waals surface area contributed by atoms with Crippen molar-refractivity contribution in [2.45, 2.75) is 38.5 Å². The zero-order valence-electron chi connectivity index (χ0n) is 12.7. The third-order valence-electron chi connectivity index (χ3n) is 4.33. The second-order valence-electron chi connectivity index (χ2n) is 5.79. The van der Waals surface area contributed by atoms with Gasteiger partial charge >= 0.3 is 0 Å². The van der Waals surface area contributed by atoms with Crippen LogP contribution in [0.5, 0.6) is 0 Å². The van der Waals surface area contributed by atoms with Crippen LogP contribution in [0, 0.1) is 17.1 Å². The minimum atomic E-state index is -0.441. The highest BCUT2D eigenvalue weighted by Gasteiger charge is 2.24. The fourth-order valence-electron chi connectivity index (χ4n) is 3.24. The molecule has 2 aromatic rings. The number of nitrogen functional groups attached to an aromatic ring is 1. The number of anilines is 1. The number of pyridine rings is 1. The number of hydrogen-bond donors (Lipinski definition) is 1. The zero-order chi connectivity index (χ0) is 16.4. The summed E-state index contributed by atoms with van der Waals surface area (Å²) in [6.07, 6.45) is 5.84. The van der Waals surface area contributed by atoms with Crippen molar-refractivity contribution in [2.24, 2.45) is 0 Å². The second-order valence-corrected chi connectivity index (χ2v) is 6.20. The molecule has 1 aliphatic carbocycles. The van der Waals surface area contributed by atoms with E-state index < -0.39 is 5.82 Å². The van der Waals surface area contributed by atoms with Crippen LogP contribution in [0.2, 0.25) is 5.02 Å². The Morgan fingerprint density at radius 3 is 2.57 bits per heavy atom. The van der Waals surface area contributed by atoms with E-state index in [1.807, 2.05) is 0 Å². The topological polar surface area (TPSA) is 62.7 Å². The van der Waals surface area contributed by atoms with E-state index in [4.69, 9.17) is 17.3 Å². The van der Waals surface area contributed by atoms with Gasteiger partial charge in [-0.15, -0.1) is 0 Å². The lowest BCUT2D eigenvalue weighted by molar-refractivity contribution is 0.608. The lowest BCUT2D eigenvalue weighted by Gasteiger charge is -2.20. The maximum atomic E-state index is 14.5. The molecule has 0 fully saturated rings. The van der Waals surface area contributed by atoms with Crippen LogP contribution in [0.3, 0.4) is 0 Å². The number of nitrogens with zero attached hydrogens (tertiary/aromatic N) is 2. The van der Waals surface area contributed by atoms with Crippen molar-refractivity contribution in [1.29, 1.82) is 5.26 Å². The van der Waals surface area contributed by atoms with Gasteiger partial charge in [0.15, 0.2) is 0 Å². The van der Waals surface area contributed by atoms with Crippen molar-refractivity contribution in [1.82, 2.24) is 4.98 Å². The van der Waals surface area contributed by atoms with Crippen LogP contribution in [0.25, 0.3) is 11.1 Å². The number of nitriles is 1. The number of halogens is 2. The molecule has 0 saturated heterocycles. The minimum absolute atomic E-state index is 0.154. The Hall–Kier alpha value is -2.12. The first-order valence-corrected chi connectivity index (χ1v) is 8.17. The molecule has 1 aromatic carbocycles. The Morgan fingerprint density at radius 1 is 1.13 bits per heavy atom. The van der Waals surface area contributed by atoms with Crippen molar-refractivity contribution < 1.29 is 4.39 Å². The molecule has 23 heavy (non-hydrogen) atoms. The summed E-state index contributed by atoms with van der Waals surface area (Å²) in [5.74, 6) is -0.287. The quantitative estimate of drug-likeness (QED) is 0.828. The first kappa shape index (κ1) is 15.8. The highest BCUT2D eigenvalue weighted by molar-refractivity contribution is 6.33. The average molecular weight is 330 g/mol. The van der Waals surface area contributed by atoms with Gasteiger partial charge in [0.05, 0.1) is 5.02 Å². The summed E-state index contributed by atoms with van der Waals surface area (Å²) in [4.78, 5) is 4.42. The van der Waals surface area contributed by atoms with Gasteiger partial charge in [-0.3, -0.25) is 0 Å². The van der Waals surface area contributed by atoms with E-state index in [1.54, 1.807) is 12.1 Å².